The molecular formula is C9H8BrF2NO4S. The molecule has 18 heavy (non-hydrogen) atoms. The molecule has 0 saturated heterocycles. The third-order valence-corrected chi connectivity index (χ3v) is 3.56. The number of benzene rings is 1. The highest BCUT2D eigenvalue weighted by Gasteiger charge is 2.18. The standard InChI is InChI=1S/C9H8BrF2NO4S/c10-5-3-6(11)9(7(12)4-5)13-18(16,17)2-1-8(14)15/h3-4,13H,1-2H2,(H,14,15). The second-order valence-electron chi connectivity index (χ2n) is 3.31. The van der Waals surface area contributed by atoms with Gasteiger partial charge in [0.2, 0.25) is 10.0 Å². The van der Waals surface area contributed by atoms with Crippen LogP contribution in [0.25, 0.3) is 0 Å². The Balaban J connectivity index is 2.94. The van der Waals surface area contributed by atoms with Crippen LogP contribution in [-0.2, 0) is 14.8 Å². The van der Waals surface area contributed by atoms with E-state index in [4.69, 9.17) is 5.11 Å². The van der Waals surface area contributed by atoms with E-state index in [1.165, 1.54) is 0 Å². The Labute approximate surface area is 110 Å². The topological polar surface area (TPSA) is 83.5 Å². The van der Waals surface area contributed by atoms with E-state index >= 15 is 0 Å². The first-order valence-corrected chi connectivity index (χ1v) is 7.02. The van der Waals surface area contributed by atoms with E-state index in [-0.39, 0.29) is 4.47 Å². The molecule has 100 valence electrons. The lowest BCUT2D eigenvalue weighted by atomic mass is 10.3. The second kappa shape index (κ2) is 5.61. The molecule has 1 aromatic rings. The lowest BCUT2D eigenvalue weighted by Gasteiger charge is -2.09. The summed E-state index contributed by atoms with van der Waals surface area (Å²) in [5.41, 5.74) is -0.830. The molecule has 0 spiro atoms. The van der Waals surface area contributed by atoms with Crippen LogP contribution in [0.15, 0.2) is 16.6 Å². The van der Waals surface area contributed by atoms with Gasteiger partial charge in [-0.2, -0.15) is 0 Å². The van der Waals surface area contributed by atoms with Crippen LogP contribution in [0.4, 0.5) is 14.5 Å². The molecule has 0 aromatic heterocycles. The molecule has 0 saturated carbocycles. The van der Waals surface area contributed by atoms with Crippen molar-refractivity contribution < 1.29 is 27.1 Å². The fourth-order valence-corrected chi connectivity index (χ4v) is 2.52. The Kier molecular flexibility index (Phi) is 4.63. The number of carboxylic acid groups (broad SMARTS) is 1. The highest BCUT2D eigenvalue weighted by atomic mass is 79.9. The minimum atomic E-state index is -4.11. The van der Waals surface area contributed by atoms with Crippen LogP contribution in [0.1, 0.15) is 6.42 Å². The average Bonchev–Trinajstić information content (AvgIpc) is 2.21. The van der Waals surface area contributed by atoms with Crippen molar-refractivity contribution in [1.29, 1.82) is 0 Å². The van der Waals surface area contributed by atoms with Crippen molar-refractivity contribution in [2.24, 2.45) is 0 Å². The zero-order valence-electron chi connectivity index (χ0n) is 8.78. The molecule has 0 amide bonds. The lowest BCUT2D eigenvalue weighted by Crippen LogP contribution is -2.20. The van der Waals surface area contributed by atoms with Crippen molar-refractivity contribution in [2.45, 2.75) is 6.42 Å². The maximum atomic E-state index is 13.3. The van der Waals surface area contributed by atoms with Crippen LogP contribution in [0, 0.1) is 11.6 Å². The predicted octanol–water partition coefficient (Wildman–Crippen LogP) is 1.94. The Morgan fingerprint density at radius 3 is 2.28 bits per heavy atom. The van der Waals surface area contributed by atoms with Gasteiger partial charge in [-0.1, -0.05) is 15.9 Å². The van der Waals surface area contributed by atoms with Crippen molar-refractivity contribution in [3.63, 3.8) is 0 Å². The number of sulfonamides is 1. The van der Waals surface area contributed by atoms with Crippen molar-refractivity contribution in [1.82, 2.24) is 0 Å². The summed E-state index contributed by atoms with van der Waals surface area (Å²) in [6.45, 7) is 0. The zero-order valence-corrected chi connectivity index (χ0v) is 11.2. The van der Waals surface area contributed by atoms with Crippen molar-refractivity contribution in [3.05, 3.63) is 28.2 Å². The molecule has 0 radical (unpaired) electrons. The largest absolute Gasteiger partial charge is 0.481 e. The van der Waals surface area contributed by atoms with Gasteiger partial charge in [-0.25, -0.2) is 17.2 Å². The van der Waals surface area contributed by atoms with Gasteiger partial charge < -0.3 is 5.11 Å². The molecule has 0 unspecified atom stereocenters. The minimum Gasteiger partial charge on any atom is -0.481 e. The molecule has 0 heterocycles. The monoisotopic (exact) mass is 343 g/mol. The fraction of sp³-hybridized carbons (Fsp3) is 0.222. The number of anilines is 1. The van der Waals surface area contributed by atoms with Crippen molar-refractivity contribution in [2.75, 3.05) is 10.5 Å². The lowest BCUT2D eigenvalue weighted by molar-refractivity contribution is -0.136. The van der Waals surface area contributed by atoms with Gasteiger partial charge in [-0.15, -0.1) is 0 Å². The summed E-state index contributed by atoms with van der Waals surface area (Å²) in [4.78, 5) is 10.2. The summed E-state index contributed by atoms with van der Waals surface area (Å²) in [5.74, 6) is -4.28. The van der Waals surface area contributed by atoms with Gasteiger partial charge in [0.15, 0.2) is 11.6 Å². The number of nitrogens with one attached hydrogen (secondary N) is 1. The van der Waals surface area contributed by atoms with Gasteiger partial charge in [0.25, 0.3) is 0 Å². The number of halogens is 3. The Hall–Kier alpha value is -1.22. The summed E-state index contributed by atoms with van der Waals surface area (Å²) in [6, 6.07) is 1.77. The van der Waals surface area contributed by atoms with E-state index in [0.29, 0.717) is 0 Å². The van der Waals surface area contributed by atoms with Gasteiger partial charge in [-0.05, 0) is 12.1 Å². The quantitative estimate of drug-likeness (QED) is 0.855. The normalized spacial score (nSPS) is 11.3. The molecular weight excluding hydrogens is 336 g/mol. The number of carbonyl (C=O) groups is 1. The maximum Gasteiger partial charge on any atom is 0.304 e. The summed E-state index contributed by atoms with van der Waals surface area (Å²) in [6.07, 6.45) is -0.658. The molecule has 1 aromatic carbocycles. The van der Waals surface area contributed by atoms with Gasteiger partial charge in [-0.3, -0.25) is 9.52 Å². The summed E-state index contributed by atoms with van der Waals surface area (Å²) in [5, 5.41) is 8.34. The zero-order chi connectivity index (χ0) is 13.9. The van der Waals surface area contributed by atoms with Gasteiger partial charge in [0, 0.05) is 4.47 Å². The van der Waals surface area contributed by atoms with E-state index in [1.54, 1.807) is 4.72 Å². The van der Waals surface area contributed by atoms with E-state index in [9.17, 15) is 22.0 Å². The first kappa shape index (κ1) is 14.8. The molecule has 0 fully saturated rings. The molecule has 2 N–H and O–H groups in total. The Bertz CT molecular complexity index is 553. The van der Waals surface area contributed by atoms with E-state index in [1.807, 2.05) is 0 Å². The molecule has 0 aliphatic heterocycles. The summed E-state index contributed by atoms with van der Waals surface area (Å²) >= 11 is 2.84. The van der Waals surface area contributed by atoms with Crippen molar-refractivity contribution in [3.8, 4) is 0 Å². The first-order valence-electron chi connectivity index (χ1n) is 4.58. The minimum absolute atomic E-state index is 0.117. The average molecular weight is 344 g/mol. The number of rotatable bonds is 5. The molecule has 0 aliphatic carbocycles. The maximum absolute atomic E-state index is 13.3. The second-order valence-corrected chi connectivity index (χ2v) is 6.07. The predicted molar refractivity (Wildman–Crippen MR) is 63.7 cm³/mol. The number of hydrogen-bond acceptors (Lipinski definition) is 3. The molecule has 0 atom stereocenters. The van der Waals surface area contributed by atoms with Crippen molar-refractivity contribution >= 4 is 37.6 Å². The van der Waals surface area contributed by atoms with Crippen LogP contribution >= 0.6 is 15.9 Å². The molecule has 5 nitrogen and oxygen atoms in total. The van der Waals surface area contributed by atoms with Crippen LogP contribution in [0.3, 0.4) is 0 Å². The first-order chi connectivity index (χ1) is 8.21. The summed E-state index contributed by atoms with van der Waals surface area (Å²) in [7, 11) is -4.11. The number of aliphatic carboxylic acids is 1. The fourth-order valence-electron chi connectivity index (χ4n) is 1.07. The van der Waals surface area contributed by atoms with Gasteiger partial charge in [0.1, 0.15) is 5.69 Å². The van der Waals surface area contributed by atoms with Gasteiger partial charge in [0.05, 0.1) is 12.2 Å². The van der Waals surface area contributed by atoms with Crippen LogP contribution in [-0.4, -0.2) is 25.2 Å². The highest BCUT2D eigenvalue weighted by Crippen LogP contribution is 2.24. The molecule has 1 rings (SSSR count). The smallest absolute Gasteiger partial charge is 0.304 e. The van der Waals surface area contributed by atoms with Gasteiger partial charge >= 0.3 is 5.97 Å². The molecule has 0 bridgehead atoms. The van der Waals surface area contributed by atoms with Crippen LogP contribution in [0.5, 0.6) is 0 Å². The van der Waals surface area contributed by atoms with E-state index in [0.717, 1.165) is 12.1 Å². The SMILES string of the molecule is O=C(O)CCS(=O)(=O)Nc1c(F)cc(Br)cc1F. The van der Waals surface area contributed by atoms with Crippen LogP contribution < -0.4 is 4.72 Å². The number of hydrogen-bond donors (Lipinski definition) is 2. The number of carboxylic acids is 1. The molecule has 9 heteroatoms. The third-order valence-electron chi connectivity index (χ3n) is 1.85. The highest BCUT2D eigenvalue weighted by molar-refractivity contribution is 9.10. The van der Waals surface area contributed by atoms with E-state index < -0.39 is 45.5 Å². The molecule has 0 aliphatic rings. The Morgan fingerprint density at radius 2 is 1.83 bits per heavy atom. The summed E-state index contributed by atoms with van der Waals surface area (Å²) < 4.78 is 51.2. The third kappa shape index (κ3) is 4.22. The Morgan fingerprint density at radius 1 is 1.33 bits per heavy atom. The van der Waals surface area contributed by atoms with E-state index in [2.05, 4.69) is 15.9 Å². The van der Waals surface area contributed by atoms with Crippen LogP contribution in [0.2, 0.25) is 0 Å².